The second-order valence-electron chi connectivity index (χ2n) is 5.24. The topological polar surface area (TPSA) is 82.3 Å². The first kappa shape index (κ1) is 12.4. The molecule has 0 unspecified atom stereocenters. The maximum Gasteiger partial charge on any atom is 0.231 e. The van der Waals surface area contributed by atoms with Crippen LogP contribution in [0.25, 0.3) is 11.4 Å². The van der Waals surface area contributed by atoms with Crippen molar-refractivity contribution in [2.24, 2.45) is 5.84 Å². The molecule has 1 aromatic carbocycles. The number of hydrogen-bond acceptors (Lipinski definition) is 6. The summed E-state index contributed by atoms with van der Waals surface area (Å²) in [6.45, 7) is 0.263. The first-order valence-corrected chi connectivity index (χ1v) is 7.11. The van der Waals surface area contributed by atoms with Crippen LogP contribution in [0.2, 0.25) is 0 Å². The second-order valence-corrected chi connectivity index (χ2v) is 5.24. The summed E-state index contributed by atoms with van der Waals surface area (Å²) in [6, 6.07) is 5.74. The summed E-state index contributed by atoms with van der Waals surface area (Å²) in [5, 5.41) is 0. The van der Waals surface area contributed by atoms with Crippen LogP contribution in [0, 0.1) is 0 Å². The van der Waals surface area contributed by atoms with Gasteiger partial charge < -0.3 is 14.9 Å². The van der Waals surface area contributed by atoms with Crippen LogP contribution in [-0.4, -0.2) is 16.8 Å². The van der Waals surface area contributed by atoms with E-state index >= 15 is 0 Å². The van der Waals surface area contributed by atoms with E-state index in [9.17, 15) is 0 Å². The molecule has 0 spiro atoms. The number of anilines is 1. The van der Waals surface area contributed by atoms with Gasteiger partial charge in [0.05, 0.1) is 0 Å². The maximum atomic E-state index is 5.63. The molecule has 3 N–H and O–H groups in total. The van der Waals surface area contributed by atoms with Gasteiger partial charge in [-0.3, -0.25) is 0 Å². The van der Waals surface area contributed by atoms with Gasteiger partial charge in [0.1, 0.15) is 5.82 Å². The first-order chi connectivity index (χ1) is 10.3. The number of aryl methyl sites for hydroxylation is 1. The van der Waals surface area contributed by atoms with E-state index in [2.05, 4.69) is 10.4 Å². The Morgan fingerprint density at radius 1 is 1.05 bits per heavy atom. The zero-order chi connectivity index (χ0) is 14.2. The van der Waals surface area contributed by atoms with Crippen LogP contribution in [-0.2, 0) is 12.8 Å². The van der Waals surface area contributed by atoms with Gasteiger partial charge in [-0.1, -0.05) is 0 Å². The number of aromatic nitrogens is 2. The Bertz CT molecular complexity index is 685. The predicted octanol–water partition coefficient (Wildman–Crippen LogP) is 2.04. The van der Waals surface area contributed by atoms with Crippen molar-refractivity contribution in [3.63, 3.8) is 0 Å². The van der Waals surface area contributed by atoms with E-state index in [4.69, 9.17) is 20.3 Å². The summed E-state index contributed by atoms with van der Waals surface area (Å²) in [5.74, 6) is 8.51. The minimum atomic E-state index is 0.263. The van der Waals surface area contributed by atoms with Crippen molar-refractivity contribution in [3.05, 3.63) is 29.5 Å². The minimum Gasteiger partial charge on any atom is -0.454 e. The zero-order valence-corrected chi connectivity index (χ0v) is 11.6. The average Bonchev–Trinajstić information content (AvgIpc) is 3.01. The summed E-state index contributed by atoms with van der Waals surface area (Å²) in [7, 11) is 0. The van der Waals surface area contributed by atoms with Crippen LogP contribution in [0.5, 0.6) is 11.5 Å². The molecule has 0 fully saturated rings. The highest BCUT2D eigenvalue weighted by Crippen LogP contribution is 2.36. The van der Waals surface area contributed by atoms with Crippen molar-refractivity contribution >= 4 is 5.82 Å². The van der Waals surface area contributed by atoms with E-state index in [1.54, 1.807) is 0 Å². The lowest BCUT2D eigenvalue weighted by Gasteiger charge is -2.18. The molecule has 0 radical (unpaired) electrons. The number of fused-ring (bicyclic) bond motifs is 2. The number of nitrogens with two attached hydrogens (primary N) is 1. The van der Waals surface area contributed by atoms with Gasteiger partial charge in [0.2, 0.25) is 6.79 Å². The van der Waals surface area contributed by atoms with Crippen LogP contribution in [0.4, 0.5) is 5.82 Å². The Kier molecular flexibility index (Phi) is 2.89. The molecule has 2 aliphatic rings. The standard InChI is InChI=1S/C15H16N4O2/c16-19-15-10-3-1-2-4-11(10)17-14(18-15)9-5-6-12-13(7-9)21-8-20-12/h5-7H,1-4,8,16H2,(H,17,18,19). The van der Waals surface area contributed by atoms with Crippen LogP contribution in [0.1, 0.15) is 24.1 Å². The van der Waals surface area contributed by atoms with Gasteiger partial charge in [0, 0.05) is 16.8 Å². The van der Waals surface area contributed by atoms with Crippen molar-refractivity contribution in [2.45, 2.75) is 25.7 Å². The fraction of sp³-hybridized carbons (Fsp3) is 0.333. The lowest BCUT2D eigenvalue weighted by atomic mass is 9.96. The van der Waals surface area contributed by atoms with E-state index in [-0.39, 0.29) is 6.79 Å². The van der Waals surface area contributed by atoms with Crippen LogP contribution < -0.4 is 20.7 Å². The molecule has 0 saturated heterocycles. The van der Waals surface area contributed by atoms with Gasteiger partial charge in [-0.05, 0) is 43.9 Å². The van der Waals surface area contributed by atoms with Crippen molar-refractivity contribution in [3.8, 4) is 22.9 Å². The van der Waals surface area contributed by atoms with E-state index in [0.717, 1.165) is 59.8 Å². The quantitative estimate of drug-likeness (QED) is 0.648. The van der Waals surface area contributed by atoms with Crippen molar-refractivity contribution < 1.29 is 9.47 Å². The lowest BCUT2D eigenvalue weighted by molar-refractivity contribution is 0.174. The van der Waals surface area contributed by atoms with Gasteiger partial charge in [-0.2, -0.15) is 0 Å². The van der Waals surface area contributed by atoms with Gasteiger partial charge in [-0.25, -0.2) is 15.8 Å². The van der Waals surface area contributed by atoms with Gasteiger partial charge in [0.15, 0.2) is 17.3 Å². The SMILES string of the molecule is NNc1nc(-c2ccc3c(c2)OCO3)nc2c1CCCC2. The average molecular weight is 284 g/mol. The summed E-state index contributed by atoms with van der Waals surface area (Å²) < 4.78 is 10.7. The van der Waals surface area contributed by atoms with Crippen LogP contribution in [0.15, 0.2) is 18.2 Å². The molecule has 0 atom stereocenters. The predicted molar refractivity (Wildman–Crippen MR) is 78.0 cm³/mol. The van der Waals surface area contributed by atoms with Gasteiger partial charge in [-0.15, -0.1) is 0 Å². The molecule has 6 heteroatoms. The highest BCUT2D eigenvalue weighted by Gasteiger charge is 2.20. The highest BCUT2D eigenvalue weighted by atomic mass is 16.7. The third kappa shape index (κ3) is 2.08. The largest absolute Gasteiger partial charge is 0.454 e. The normalized spacial score (nSPS) is 15.7. The Balaban J connectivity index is 1.81. The number of ether oxygens (including phenoxy) is 2. The first-order valence-electron chi connectivity index (χ1n) is 7.11. The monoisotopic (exact) mass is 284 g/mol. The maximum absolute atomic E-state index is 5.63. The Morgan fingerprint density at radius 3 is 2.81 bits per heavy atom. The molecule has 0 bridgehead atoms. The summed E-state index contributed by atoms with van der Waals surface area (Å²) in [4.78, 5) is 9.27. The van der Waals surface area contributed by atoms with Gasteiger partial charge in [0.25, 0.3) is 0 Å². The number of nitrogens with one attached hydrogen (secondary N) is 1. The number of nitrogen functional groups attached to an aromatic ring is 1. The van der Waals surface area contributed by atoms with E-state index < -0.39 is 0 Å². The van der Waals surface area contributed by atoms with Crippen molar-refractivity contribution in [2.75, 3.05) is 12.2 Å². The fourth-order valence-electron chi connectivity index (χ4n) is 2.88. The molecule has 21 heavy (non-hydrogen) atoms. The smallest absolute Gasteiger partial charge is 0.231 e. The number of nitrogens with zero attached hydrogens (tertiary/aromatic N) is 2. The number of hydrazine groups is 1. The molecule has 6 nitrogen and oxygen atoms in total. The van der Waals surface area contributed by atoms with Crippen molar-refractivity contribution in [1.29, 1.82) is 0 Å². The zero-order valence-electron chi connectivity index (χ0n) is 11.6. The van der Waals surface area contributed by atoms with E-state index in [1.807, 2.05) is 18.2 Å². The molecule has 1 aromatic heterocycles. The van der Waals surface area contributed by atoms with Crippen molar-refractivity contribution in [1.82, 2.24) is 9.97 Å². The second kappa shape index (κ2) is 4.89. The molecule has 108 valence electrons. The van der Waals surface area contributed by atoms with Gasteiger partial charge >= 0.3 is 0 Å². The van der Waals surface area contributed by atoms with Crippen LogP contribution >= 0.6 is 0 Å². The Labute approximate surface area is 122 Å². The molecule has 2 heterocycles. The van der Waals surface area contributed by atoms with E-state index in [1.165, 1.54) is 0 Å². The number of hydrogen-bond donors (Lipinski definition) is 2. The summed E-state index contributed by atoms with van der Waals surface area (Å²) in [5.41, 5.74) is 5.86. The molecule has 1 aliphatic carbocycles. The van der Waals surface area contributed by atoms with E-state index in [0.29, 0.717) is 5.82 Å². The van der Waals surface area contributed by atoms with Crippen LogP contribution in [0.3, 0.4) is 0 Å². The summed E-state index contributed by atoms with van der Waals surface area (Å²) >= 11 is 0. The Morgan fingerprint density at radius 2 is 1.90 bits per heavy atom. The lowest BCUT2D eigenvalue weighted by Crippen LogP contribution is -2.17. The summed E-state index contributed by atoms with van der Waals surface area (Å²) in [6.07, 6.45) is 4.28. The minimum absolute atomic E-state index is 0.263. The molecule has 0 amide bonds. The molecular weight excluding hydrogens is 268 g/mol. The molecular formula is C15H16N4O2. The molecule has 0 saturated carbocycles. The number of rotatable bonds is 2. The number of benzene rings is 1. The third-order valence-electron chi connectivity index (χ3n) is 3.95. The Hall–Kier alpha value is -2.34. The molecule has 1 aliphatic heterocycles. The molecule has 4 rings (SSSR count). The highest BCUT2D eigenvalue weighted by molar-refractivity contribution is 5.64. The fourth-order valence-corrected chi connectivity index (χ4v) is 2.88. The third-order valence-corrected chi connectivity index (χ3v) is 3.95. The molecule has 2 aromatic rings.